The van der Waals surface area contributed by atoms with Gasteiger partial charge in [0.15, 0.2) is 0 Å². The fourth-order valence-electron chi connectivity index (χ4n) is 3.62. The van der Waals surface area contributed by atoms with Crippen LogP contribution in [0.3, 0.4) is 0 Å². The number of para-hydroxylation sites is 1. The van der Waals surface area contributed by atoms with Crippen LogP contribution in [0.15, 0.2) is 77.8 Å². The van der Waals surface area contributed by atoms with Crippen molar-refractivity contribution < 1.29 is 0 Å². The highest BCUT2D eigenvalue weighted by Gasteiger charge is 2.16. The van der Waals surface area contributed by atoms with Gasteiger partial charge in [0.2, 0.25) is 0 Å². The summed E-state index contributed by atoms with van der Waals surface area (Å²) >= 11 is 0. The van der Waals surface area contributed by atoms with E-state index in [2.05, 4.69) is 101 Å². The number of rotatable bonds is 6. The van der Waals surface area contributed by atoms with Gasteiger partial charge < -0.3 is 0 Å². The summed E-state index contributed by atoms with van der Waals surface area (Å²) in [6.45, 7) is 11.0. The van der Waals surface area contributed by atoms with E-state index < -0.39 is 0 Å². The maximum Gasteiger partial charge on any atom is 0.0662 e. The molecule has 28 heavy (non-hydrogen) atoms. The molecule has 3 aromatic rings. The topological polar surface area (TPSA) is 12.4 Å². The Hall–Kier alpha value is -2.67. The molecule has 1 nitrogen and oxygen atoms in total. The summed E-state index contributed by atoms with van der Waals surface area (Å²) in [7, 11) is 0. The first-order valence-corrected chi connectivity index (χ1v) is 10.2. The van der Waals surface area contributed by atoms with Crippen LogP contribution in [0.4, 0.5) is 5.69 Å². The number of hydrogen-bond donors (Lipinski definition) is 0. The molecule has 0 fully saturated rings. The van der Waals surface area contributed by atoms with Crippen LogP contribution in [0.2, 0.25) is 0 Å². The van der Waals surface area contributed by atoms with E-state index in [-0.39, 0.29) is 0 Å². The summed E-state index contributed by atoms with van der Waals surface area (Å²) in [6.07, 6.45) is 1.06. The molecule has 0 bridgehead atoms. The summed E-state index contributed by atoms with van der Waals surface area (Å²) in [6, 6.07) is 26.2. The zero-order valence-corrected chi connectivity index (χ0v) is 17.7. The summed E-state index contributed by atoms with van der Waals surface area (Å²) in [5.41, 5.74) is 8.62. The molecule has 0 radical (unpaired) electrons. The van der Waals surface area contributed by atoms with E-state index in [1.165, 1.54) is 27.8 Å². The third kappa shape index (κ3) is 4.98. The number of aliphatic imine (C=N–C) groups is 1. The monoisotopic (exact) mass is 369 g/mol. The van der Waals surface area contributed by atoms with Crippen LogP contribution in [0.25, 0.3) is 0 Å². The van der Waals surface area contributed by atoms with Crippen molar-refractivity contribution in [2.75, 3.05) is 0 Å². The van der Waals surface area contributed by atoms with Gasteiger partial charge in [-0.05, 0) is 67.3 Å². The number of benzene rings is 3. The van der Waals surface area contributed by atoms with Crippen LogP contribution in [0, 0.1) is 19.8 Å². The molecule has 0 saturated heterocycles. The van der Waals surface area contributed by atoms with Crippen LogP contribution in [0.5, 0.6) is 0 Å². The van der Waals surface area contributed by atoms with Gasteiger partial charge in [0, 0.05) is 5.71 Å². The van der Waals surface area contributed by atoms with E-state index in [4.69, 9.17) is 4.99 Å². The minimum absolute atomic E-state index is 0.535. The van der Waals surface area contributed by atoms with Crippen LogP contribution in [-0.2, 0) is 6.42 Å². The van der Waals surface area contributed by atoms with Gasteiger partial charge >= 0.3 is 0 Å². The molecule has 0 N–H and O–H groups in total. The lowest BCUT2D eigenvalue weighted by atomic mass is 9.83. The van der Waals surface area contributed by atoms with Gasteiger partial charge in [-0.2, -0.15) is 0 Å². The van der Waals surface area contributed by atoms with Crippen molar-refractivity contribution in [2.45, 2.75) is 47.0 Å². The zero-order valence-electron chi connectivity index (χ0n) is 17.7. The molecule has 1 heteroatoms. The smallest absolute Gasteiger partial charge is 0.0662 e. The van der Waals surface area contributed by atoms with Crippen molar-refractivity contribution in [2.24, 2.45) is 10.9 Å². The summed E-state index contributed by atoms with van der Waals surface area (Å²) < 4.78 is 0. The normalized spacial score (nSPS) is 13.0. The average molecular weight is 370 g/mol. The largest absolute Gasteiger partial charge is 0.253 e. The highest BCUT2D eigenvalue weighted by Crippen LogP contribution is 2.29. The van der Waals surface area contributed by atoms with Crippen molar-refractivity contribution in [3.63, 3.8) is 0 Å². The van der Waals surface area contributed by atoms with E-state index >= 15 is 0 Å². The molecule has 0 aliphatic heterocycles. The quantitative estimate of drug-likeness (QED) is 0.401. The van der Waals surface area contributed by atoms with Gasteiger partial charge in [0.25, 0.3) is 0 Å². The van der Waals surface area contributed by atoms with Gasteiger partial charge in [-0.15, -0.1) is 0 Å². The molecule has 0 spiro atoms. The van der Waals surface area contributed by atoms with Gasteiger partial charge in [-0.25, -0.2) is 0 Å². The van der Waals surface area contributed by atoms with Gasteiger partial charge in [-0.1, -0.05) is 86.1 Å². The molecular weight excluding hydrogens is 338 g/mol. The second kappa shape index (κ2) is 9.01. The first-order valence-electron chi connectivity index (χ1n) is 10.2. The van der Waals surface area contributed by atoms with Crippen molar-refractivity contribution in [1.82, 2.24) is 0 Å². The van der Waals surface area contributed by atoms with Crippen molar-refractivity contribution in [1.29, 1.82) is 0 Å². The van der Waals surface area contributed by atoms with Gasteiger partial charge in [-0.3, -0.25) is 4.99 Å². The minimum Gasteiger partial charge on any atom is -0.253 e. The maximum atomic E-state index is 4.82. The Morgan fingerprint density at radius 2 is 1.46 bits per heavy atom. The predicted molar refractivity (Wildman–Crippen MR) is 122 cm³/mol. The Bertz CT molecular complexity index is 931. The SMILES string of the molecule is C/C(=N\c1ccccc1C)c1ccc(CC(c2ccc(C)cc2)C(C)C)cc1. The summed E-state index contributed by atoms with van der Waals surface area (Å²) in [5, 5.41) is 0. The Kier molecular flexibility index (Phi) is 6.46. The maximum absolute atomic E-state index is 4.82. The molecule has 0 aliphatic rings. The minimum atomic E-state index is 0.535. The van der Waals surface area contributed by atoms with E-state index in [1.807, 2.05) is 6.07 Å². The lowest BCUT2D eigenvalue weighted by Crippen LogP contribution is -2.10. The third-order valence-corrected chi connectivity index (χ3v) is 5.54. The number of nitrogens with zero attached hydrogens (tertiary/aromatic N) is 1. The Labute approximate surface area is 170 Å². The molecular formula is C27H31N. The Morgan fingerprint density at radius 1 is 0.821 bits per heavy atom. The van der Waals surface area contributed by atoms with E-state index in [0.29, 0.717) is 11.8 Å². The van der Waals surface area contributed by atoms with Gasteiger partial charge in [0.1, 0.15) is 0 Å². The van der Waals surface area contributed by atoms with E-state index in [9.17, 15) is 0 Å². The molecule has 0 aliphatic carbocycles. The molecule has 1 unspecified atom stereocenters. The molecule has 144 valence electrons. The van der Waals surface area contributed by atoms with Crippen LogP contribution in [-0.4, -0.2) is 5.71 Å². The summed E-state index contributed by atoms with van der Waals surface area (Å²) in [5.74, 6) is 1.14. The second-order valence-electron chi connectivity index (χ2n) is 8.15. The molecule has 0 saturated carbocycles. The first-order chi connectivity index (χ1) is 13.4. The van der Waals surface area contributed by atoms with Crippen molar-refractivity contribution in [3.05, 3.63) is 101 Å². The highest BCUT2D eigenvalue weighted by molar-refractivity contribution is 6.00. The average Bonchev–Trinajstić information content (AvgIpc) is 2.69. The summed E-state index contributed by atoms with van der Waals surface area (Å²) in [4.78, 5) is 4.82. The second-order valence-corrected chi connectivity index (χ2v) is 8.15. The molecule has 1 atom stereocenters. The van der Waals surface area contributed by atoms with Crippen LogP contribution < -0.4 is 0 Å². The molecule has 0 amide bonds. The van der Waals surface area contributed by atoms with Crippen LogP contribution >= 0.6 is 0 Å². The lowest BCUT2D eigenvalue weighted by Gasteiger charge is -2.22. The zero-order chi connectivity index (χ0) is 20.1. The van der Waals surface area contributed by atoms with E-state index in [0.717, 1.165) is 17.8 Å². The molecule has 3 aromatic carbocycles. The number of hydrogen-bond acceptors (Lipinski definition) is 1. The highest BCUT2D eigenvalue weighted by atomic mass is 14.7. The predicted octanol–water partition coefficient (Wildman–Crippen LogP) is 7.43. The standard InChI is InChI=1S/C27H31N/c1-19(2)26(25-14-10-20(3)11-15-25)18-23-12-16-24(17-13-23)22(5)28-27-9-7-6-8-21(27)4/h6-17,19,26H,18H2,1-5H3/b28-22+. The fraction of sp³-hybridized carbons (Fsp3) is 0.296. The third-order valence-electron chi connectivity index (χ3n) is 5.54. The van der Waals surface area contributed by atoms with Crippen LogP contribution in [0.1, 0.15) is 54.5 Å². The Morgan fingerprint density at radius 3 is 2.07 bits per heavy atom. The number of aryl methyl sites for hydroxylation is 2. The molecule has 3 rings (SSSR count). The van der Waals surface area contributed by atoms with Crippen molar-refractivity contribution in [3.8, 4) is 0 Å². The van der Waals surface area contributed by atoms with E-state index in [1.54, 1.807) is 0 Å². The fourth-order valence-corrected chi connectivity index (χ4v) is 3.62. The molecule has 0 heterocycles. The first kappa shape index (κ1) is 20.1. The lowest BCUT2D eigenvalue weighted by molar-refractivity contribution is 0.495. The van der Waals surface area contributed by atoms with Crippen molar-refractivity contribution >= 4 is 11.4 Å². The Balaban J connectivity index is 1.78. The molecule has 0 aromatic heterocycles. The van der Waals surface area contributed by atoms with Gasteiger partial charge in [0.05, 0.1) is 5.69 Å².